The van der Waals surface area contributed by atoms with Crippen LogP contribution < -0.4 is 5.32 Å². The Morgan fingerprint density at radius 1 is 0.955 bits per heavy atom. The maximum atomic E-state index is 6.20. The summed E-state index contributed by atoms with van der Waals surface area (Å²) >= 11 is 18.4. The van der Waals surface area contributed by atoms with E-state index in [0.29, 0.717) is 33.2 Å². The number of tetrazole rings is 1. The Bertz CT molecular complexity index is 803. The predicted octanol–water partition coefficient (Wildman–Crippen LogP) is 4.23. The van der Waals surface area contributed by atoms with Crippen LogP contribution in [-0.4, -0.2) is 20.2 Å². The Kier molecular flexibility index (Phi) is 4.47. The second-order valence-electron chi connectivity index (χ2n) is 4.43. The van der Waals surface area contributed by atoms with Crippen LogP contribution in [0.25, 0.3) is 5.69 Å². The summed E-state index contributed by atoms with van der Waals surface area (Å²) in [6.07, 6.45) is 0. The van der Waals surface area contributed by atoms with Gasteiger partial charge in [0.25, 0.3) is 0 Å². The van der Waals surface area contributed by atoms with E-state index >= 15 is 0 Å². The Morgan fingerprint density at radius 2 is 1.73 bits per heavy atom. The van der Waals surface area contributed by atoms with Crippen LogP contribution in [-0.2, 0) is 6.54 Å². The lowest BCUT2D eigenvalue weighted by molar-refractivity contribution is 0.789. The average molecular weight is 355 g/mol. The zero-order valence-electron chi connectivity index (χ0n) is 11.2. The van der Waals surface area contributed by atoms with Crippen molar-refractivity contribution in [2.75, 3.05) is 5.32 Å². The molecular weight excluding hydrogens is 345 g/mol. The molecule has 1 aromatic heterocycles. The monoisotopic (exact) mass is 353 g/mol. The molecule has 0 fully saturated rings. The molecule has 2 aromatic carbocycles. The minimum Gasteiger partial charge on any atom is -0.349 e. The van der Waals surface area contributed by atoms with Gasteiger partial charge >= 0.3 is 0 Å². The van der Waals surface area contributed by atoms with Crippen LogP contribution in [0.3, 0.4) is 0 Å². The lowest BCUT2D eigenvalue weighted by Gasteiger charge is -2.09. The largest absolute Gasteiger partial charge is 0.349 e. The molecule has 3 aromatic rings. The molecule has 0 spiro atoms. The molecule has 0 aliphatic rings. The van der Waals surface area contributed by atoms with Gasteiger partial charge in [-0.1, -0.05) is 64.2 Å². The van der Waals surface area contributed by atoms with Gasteiger partial charge in [-0.2, -0.15) is 4.68 Å². The van der Waals surface area contributed by atoms with E-state index in [1.54, 1.807) is 18.2 Å². The second kappa shape index (κ2) is 6.52. The van der Waals surface area contributed by atoms with Crippen LogP contribution in [0.5, 0.6) is 0 Å². The van der Waals surface area contributed by atoms with Crippen LogP contribution in [0.4, 0.5) is 5.95 Å². The van der Waals surface area contributed by atoms with Gasteiger partial charge in [-0.3, -0.25) is 0 Å². The van der Waals surface area contributed by atoms with Crippen molar-refractivity contribution >= 4 is 40.8 Å². The molecule has 22 heavy (non-hydrogen) atoms. The molecule has 3 rings (SSSR count). The molecule has 0 aliphatic carbocycles. The van der Waals surface area contributed by atoms with E-state index in [2.05, 4.69) is 20.8 Å². The number of nitrogens with zero attached hydrogens (tertiary/aromatic N) is 4. The van der Waals surface area contributed by atoms with Crippen LogP contribution >= 0.6 is 34.8 Å². The fourth-order valence-corrected chi connectivity index (χ4v) is 2.51. The van der Waals surface area contributed by atoms with Gasteiger partial charge in [0.1, 0.15) is 0 Å². The standard InChI is InChI=1S/C14H10Cl3N5/c15-10-5-2-1-4-9(10)8-18-14-19-20-21-22(14)12-7-3-6-11(16)13(12)17/h1-7H,8H2,(H,18,19,21). The maximum absolute atomic E-state index is 6.20. The highest BCUT2D eigenvalue weighted by molar-refractivity contribution is 6.43. The summed E-state index contributed by atoms with van der Waals surface area (Å²) < 4.78 is 1.49. The average Bonchev–Trinajstić information content (AvgIpc) is 2.97. The first-order valence-electron chi connectivity index (χ1n) is 6.37. The van der Waals surface area contributed by atoms with Crippen molar-refractivity contribution in [2.24, 2.45) is 0 Å². The molecule has 0 amide bonds. The maximum Gasteiger partial charge on any atom is 0.248 e. The van der Waals surface area contributed by atoms with Gasteiger partial charge in [0.2, 0.25) is 5.95 Å². The first-order valence-corrected chi connectivity index (χ1v) is 7.50. The van der Waals surface area contributed by atoms with E-state index in [4.69, 9.17) is 34.8 Å². The van der Waals surface area contributed by atoms with Crippen molar-refractivity contribution in [2.45, 2.75) is 6.54 Å². The third kappa shape index (κ3) is 3.02. The summed E-state index contributed by atoms with van der Waals surface area (Å²) in [5, 5.41) is 16.2. The number of aromatic nitrogens is 4. The van der Waals surface area contributed by atoms with Gasteiger partial charge in [0, 0.05) is 11.6 Å². The van der Waals surface area contributed by atoms with Crippen LogP contribution in [0.1, 0.15) is 5.56 Å². The number of hydrogen-bond acceptors (Lipinski definition) is 4. The second-order valence-corrected chi connectivity index (χ2v) is 5.62. The Balaban J connectivity index is 1.87. The van der Waals surface area contributed by atoms with Crippen molar-refractivity contribution in [3.8, 4) is 5.69 Å². The van der Waals surface area contributed by atoms with E-state index in [1.165, 1.54) is 4.68 Å². The molecule has 1 N–H and O–H groups in total. The molecule has 0 unspecified atom stereocenters. The molecule has 8 heteroatoms. The normalized spacial score (nSPS) is 10.7. The topological polar surface area (TPSA) is 55.6 Å². The van der Waals surface area contributed by atoms with Gasteiger partial charge in [-0.05, 0) is 34.2 Å². The van der Waals surface area contributed by atoms with E-state index in [9.17, 15) is 0 Å². The summed E-state index contributed by atoms with van der Waals surface area (Å²) in [6.45, 7) is 0.484. The minimum absolute atomic E-state index is 0.386. The fourth-order valence-electron chi connectivity index (χ4n) is 1.93. The Labute approximate surface area is 141 Å². The van der Waals surface area contributed by atoms with Crippen molar-refractivity contribution in [3.05, 3.63) is 63.1 Å². The number of rotatable bonds is 4. The highest BCUT2D eigenvalue weighted by atomic mass is 35.5. The molecule has 112 valence electrons. The summed E-state index contributed by atoms with van der Waals surface area (Å²) in [7, 11) is 0. The summed E-state index contributed by atoms with van der Waals surface area (Å²) in [4.78, 5) is 0. The third-order valence-electron chi connectivity index (χ3n) is 3.02. The quantitative estimate of drug-likeness (QED) is 0.761. The summed E-state index contributed by atoms with van der Waals surface area (Å²) in [5.74, 6) is 0.448. The molecule has 0 atom stereocenters. The first-order chi connectivity index (χ1) is 10.7. The molecular formula is C14H10Cl3N5. The molecule has 0 saturated carbocycles. The third-order valence-corrected chi connectivity index (χ3v) is 4.20. The van der Waals surface area contributed by atoms with Crippen LogP contribution in [0.2, 0.25) is 15.1 Å². The number of anilines is 1. The van der Waals surface area contributed by atoms with Crippen molar-refractivity contribution < 1.29 is 0 Å². The predicted molar refractivity (Wildman–Crippen MR) is 88.0 cm³/mol. The Hall–Kier alpha value is -1.82. The van der Waals surface area contributed by atoms with E-state index < -0.39 is 0 Å². The molecule has 0 saturated heterocycles. The van der Waals surface area contributed by atoms with Crippen molar-refractivity contribution in [1.29, 1.82) is 0 Å². The molecule has 0 radical (unpaired) electrons. The number of benzene rings is 2. The van der Waals surface area contributed by atoms with Gasteiger partial charge in [0.15, 0.2) is 0 Å². The zero-order chi connectivity index (χ0) is 15.5. The van der Waals surface area contributed by atoms with E-state index in [-0.39, 0.29) is 0 Å². The highest BCUT2D eigenvalue weighted by Gasteiger charge is 2.13. The zero-order valence-corrected chi connectivity index (χ0v) is 13.4. The lowest BCUT2D eigenvalue weighted by atomic mass is 10.2. The van der Waals surface area contributed by atoms with E-state index in [0.717, 1.165) is 5.56 Å². The van der Waals surface area contributed by atoms with Crippen molar-refractivity contribution in [1.82, 2.24) is 20.2 Å². The Morgan fingerprint density at radius 3 is 2.55 bits per heavy atom. The SMILES string of the molecule is Clc1ccccc1CNc1nnnn1-c1cccc(Cl)c1Cl. The molecule has 0 bridgehead atoms. The fraction of sp³-hybridized carbons (Fsp3) is 0.0714. The van der Waals surface area contributed by atoms with Gasteiger partial charge in [-0.15, -0.1) is 0 Å². The lowest BCUT2D eigenvalue weighted by Crippen LogP contribution is -2.08. The van der Waals surface area contributed by atoms with Gasteiger partial charge in [-0.25, -0.2) is 0 Å². The summed E-state index contributed by atoms with van der Waals surface area (Å²) in [5.41, 5.74) is 1.54. The number of halogens is 3. The first kappa shape index (κ1) is 15.1. The number of hydrogen-bond donors (Lipinski definition) is 1. The summed E-state index contributed by atoms with van der Waals surface area (Å²) in [6, 6.07) is 12.8. The van der Waals surface area contributed by atoms with Crippen LogP contribution in [0.15, 0.2) is 42.5 Å². The van der Waals surface area contributed by atoms with Crippen molar-refractivity contribution in [3.63, 3.8) is 0 Å². The molecule has 0 aliphatic heterocycles. The highest BCUT2D eigenvalue weighted by Crippen LogP contribution is 2.29. The smallest absolute Gasteiger partial charge is 0.248 e. The van der Waals surface area contributed by atoms with Crippen LogP contribution in [0, 0.1) is 0 Å². The number of nitrogens with one attached hydrogen (secondary N) is 1. The molecule has 1 heterocycles. The van der Waals surface area contributed by atoms with Gasteiger partial charge < -0.3 is 5.32 Å². The van der Waals surface area contributed by atoms with E-state index in [1.807, 2.05) is 24.3 Å². The van der Waals surface area contributed by atoms with Gasteiger partial charge in [0.05, 0.1) is 15.7 Å². The molecule has 5 nitrogen and oxygen atoms in total. The minimum atomic E-state index is 0.386.